The fraction of sp³-hybridized carbons (Fsp3) is 0.105. The molecular formula is C19H16ClN3O3S. The Morgan fingerprint density at radius 2 is 2.00 bits per heavy atom. The zero-order valence-electron chi connectivity index (χ0n) is 14.3. The van der Waals surface area contributed by atoms with E-state index in [1.54, 1.807) is 31.2 Å². The van der Waals surface area contributed by atoms with Crippen molar-refractivity contribution < 1.29 is 14.6 Å². The van der Waals surface area contributed by atoms with Crippen LogP contribution in [0.25, 0.3) is 6.08 Å². The first-order valence-electron chi connectivity index (χ1n) is 8.00. The number of halogens is 1. The summed E-state index contributed by atoms with van der Waals surface area (Å²) in [6.07, 6.45) is 1.54. The second kappa shape index (κ2) is 8.75. The molecule has 1 heterocycles. The molecule has 1 aromatic heterocycles. The number of nitrogens with zero attached hydrogens (tertiary/aromatic N) is 2. The molecule has 0 amide bonds. The minimum absolute atomic E-state index is 0.0859. The molecule has 0 fully saturated rings. The van der Waals surface area contributed by atoms with Gasteiger partial charge in [-0.15, -0.1) is 5.10 Å². The average Bonchev–Trinajstić information content (AvgIpc) is 3.06. The molecule has 138 valence electrons. The first-order chi connectivity index (χ1) is 13.0. The molecule has 3 rings (SSSR count). The van der Waals surface area contributed by atoms with Crippen LogP contribution in [0.2, 0.25) is 5.02 Å². The number of aromatic amines is 1. The number of ether oxygens (including phenoxy) is 1. The summed E-state index contributed by atoms with van der Waals surface area (Å²) in [5.41, 5.74) is 1.49. The molecule has 3 aromatic rings. The van der Waals surface area contributed by atoms with Crippen molar-refractivity contribution in [2.75, 3.05) is 0 Å². The quantitative estimate of drug-likeness (QED) is 0.445. The number of carbonyl (C=O) groups is 1. The molecule has 0 bridgehead atoms. The minimum atomic E-state index is -1.07. The monoisotopic (exact) mass is 401 g/mol. The second-order valence-corrected chi connectivity index (χ2v) is 6.95. The highest BCUT2D eigenvalue weighted by Gasteiger charge is 2.14. The number of para-hydroxylation sites is 1. The second-order valence-electron chi connectivity index (χ2n) is 5.54. The van der Waals surface area contributed by atoms with Crippen LogP contribution in [0.15, 0.2) is 58.6 Å². The van der Waals surface area contributed by atoms with E-state index >= 15 is 0 Å². The van der Waals surface area contributed by atoms with Gasteiger partial charge in [-0.3, -0.25) is 5.10 Å². The van der Waals surface area contributed by atoms with Crippen molar-refractivity contribution in [2.45, 2.75) is 18.7 Å². The van der Waals surface area contributed by atoms with E-state index in [1.807, 2.05) is 30.3 Å². The molecule has 2 aromatic carbocycles. The molecule has 0 saturated carbocycles. The Morgan fingerprint density at radius 1 is 1.26 bits per heavy atom. The normalized spacial score (nSPS) is 11.4. The van der Waals surface area contributed by atoms with Crippen molar-refractivity contribution in [3.8, 4) is 5.75 Å². The Balaban J connectivity index is 1.83. The number of aromatic nitrogens is 3. The highest BCUT2D eigenvalue weighted by molar-refractivity contribution is 8.04. The number of hydrogen-bond acceptors (Lipinski definition) is 5. The third-order valence-electron chi connectivity index (χ3n) is 3.54. The number of nitrogens with one attached hydrogen (secondary N) is 1. The first-order valence-corrected chi connectivity index (χ1v) is 9.19. The highest BCUT2D eigenvalue weighted by Crippen LogP contribution is 2.29. The van der Waals surface area contributed by atoms with Gasteiger partial charge in [-0.1, -0.05) is 48.0 Å². The zero-order valence-corrected chi connectivity index (χ0v) is 15.9. The van der Waals surface area contributed by atoms with Gasteiger partial charge in [0.05, 0.1) is 0 Å². The Hall–Kier alpha value is -2.77. The van der Waals surface area contributed by atoms with Crippen LogP contribution in [0, 0.1) is 6.92 Å². The predicted molar refractivity (Wildman–Crippen MR) is 105 cm³/mol. The van der Waals surface area contributed by atoms with E-state index in [1.165, 1.54) is 0 Å². The molecular weight excluding hydrogens is 386 g/mol. The standard InChI is InChI=1S/C19H16ClN3O3S/c1-12-21-19(23-22-12)27-17(18(24)25)10-13-6-3-5-9-16(13)26-11-14-7-2-4-8-15(14)20/h2-10H,11H2,1H3,(H,24,25)(H,21,22,23). The van der Waals surface area contributed by atoms with Crippen molar-refractivity contribution in [3.63, 3.8) is 0 Å². The molecule has 0 radical (unpaired) electrons. The van der Waals surface area contributed by atoms with Gasteiger partial charge in [0.15, 0.2) is 0 Å². The maximum absolute atomic E-state index is 11.6. The smallest absolute Gasteiger partial charge is 0.342 e. The molecule has 2 N–H and O–H groups in total. The summed E-state index contributed by atoms with van der Waals surface area (Å²) in [6.45, 7) is 2.03. The Labute approximate surface area is 165 Å². The number of hydrogen-bond donors (Lipinski definition) is 2. The van der Waals surface area contributed by atoms with Gasteiger partial charge in [0.1, 0.15) is 23.1 Å². The van der Waals surface area contributed by atoms with E-state index in [9.17, 15) is 9.90 Å². The zero-order chi connectivity index (χ0) is 19.2. The number of benzene rings is 2. The van der Waals surface area contributed by atoms with Gasteiger partial charge in [0.25, 0.3) is 0 Å². The topological polar surface area (TPSA) is 88.1 Å². The molecule has 27 heavy (non-hydrogen) atoms. The van der Waals surface area contributed by atoms with Gasteiger partial charge in [0.2, 0.25) is 5.16 Å². The number of aryl methyl sites for hydroxylation is 1. The summed E-state index contributed by atoms with van der Waals surface area (Å²) in [6, 6.07) is 14.6. The molecule has 0 aliphatic rings. The fourth-order valence-electron chi connectivity index (χ4n) is 2.24. The SMILES string of the molecule is Cc1nc(SC(=Cc2ccccc2OCc2ccccc2Cl)C(=O)O)n[nH]1. The molecule has 0 aliphatic heterocycles. The minimum Gasteiger partial charge on any atom is -0.488 e. The van der Waals surface area contributed by atoms with Crippen molar-refractivity contribution >= 4 is 35.4 Å². The van der Waals surface area contributed by atoms with E-state index in [0.29, 0.717) is 27.3 Å². The average molecular weight is 402 g/mol. The molecule has 0 unspecified atom stereocenters. The van der Waals surface area contributed by atoms with E-state index in [-0.39, 0.29) is 11.5 Å². The molecule has 0 spiro atoms. The summed E-state index contributed by atoms with van der Waals surface area (Å²) in [7, 11) is 0. The van der Waals surface area contributed by atoms with E-state index < -0.39 is 5.97 Å². The van der Waals surface area contributed by atoms with E-state index in [2.05, 4.69) is 15.2 Å². The highest BCUT2D eigenvalue weighted by atomic mass is 35.5. The van der Waals surface area contributed by atoms with Crippen LogP contribution in [0.3, 0.4) is 0 Å². The molecule has 8 heteroatoms. The third-order valence-corrected chi connectivity index (χ3v) is 4.78. The molecule has 0 saturated heterocycles. The summed E-state index contributed by atoms with van der Waals surface area (Å²) < 4.78 is 5.87. The van der Waals surface area contributed by atoms with Crippen LogP contribution in [-0.2, 0) is 11.4 Å². The molecule has 0 atom stereocenters. The molecule has 6 nitrogen and oxygen atoms in total. The largest absolute Gasteiger partial charge is 0.488 e. The summed E-state index contributed by atoms with van der Waals surface area (Å²) in [5.74, 6) is 0.108. The van der Waals surface area contributed by atoms with Crippen LogP contribution in [-0.4, -0.2) is 26.3 Å². The maximum atomic E-state index is 11.6. The van der Waals surface area contributed by atoms with Crippen LogP contribution in [0.4, 0.5) is 0 Å². The van der Waals surface area contributed by atoms with Gasteiger partial charge in [-0.2, -0.15) is 0 Å². The van der Waals surface area contributed by atoms with Gasteiger partial charge in [-0.05, 0) is 36.9 Å². The van der Waals surface area contributed by atoms with Gasteiger partial charge in [0, 0.05) is 16.1 Å². The van der Waals surface area contributed by atoms with Crippen molar-refractivity contribution in [3.05, 3.63) is 75.4 Å². The summed E-state index contributed by atoms with van der Waals surface area (Å²) in [4.78, 5) is 15.9. The molecule has 0 aliphatic carbocycles. The fourth-order valence-corrected chi connectivity index (χ4v) is 3.18. The number of rotatable bonds is 7. The lowest BCUT2D eigenvalue weighted by atomic mass is 10.2. The van der Waals surface area contributed by atoms with Crippen molar-refractivity contribution in [1.29, 1.82) is 0 Å². The van der Waals surface area contributed by atoms with E-state index in [4.69, 9.17) is 16.3 Å². The van der Waals surface area contributed by atoms with Gasteiger partial charge >= 0.3 is 5.97 Å². The number of aliphatic carboxylic acids is 1. The van der Waals surface area contributed by atoms with E-state index in [0.717, 1.165) is 17.3 Å². The summed E-state index contributed by atoms with van der Waals surface area (Å²) >= 11 is 7.13. The van der Waals surface area contributed by atoms with Gasteiger partial charge < -0.3 is 9.84 Å². The lowest BCUT2D eigenvalue weighted by molar-refractivity contribution is -0.131. The Bertz CT molecular complexity index is 988. The van der Waals surface area contributed by atoms with Gasteiger partial charge in [-0.25, -0.2) is 9.78 Å². The van der Waals surface area contributed by atoms with Crippen LogP contribution in [0.5, 0.6) is 5.75 Å². The number of carboxylic acids is 1. The number of thioether (sulfide) groups is 1. The van der Waals surface area contributed by atoms with Crippen LogP contribution >= 0.6 is 23.4 Å². The predicted octanol–water partition coefficient (Wildman–Crippen LogP) is 4.56. The third kappa shape index (κ3) is 5.12. The summed E-state index contributed by atoms with van der Waals surface area (Å²) in [5, 5.41) is 17.1. The van der Waals surface area contributed by atoms with Crippen molar-refractivity contribution in [2.24, 2.45) is 0 Å². The first kappa shape index (κ1) is 19.0. The van der Waals surface area contributed by atoms with Crippen molar-refractivity contribution in [1.82, 2.24) is 15.2 Å². The van der Waals surface area contributed by atoms with Crippen LogP contribution < -0.4 is 4.74 Å². The maximum Gasteiger partial charge on any atom is 0.342 e. The number of H-pyrrole nitrogens is 1. The number of carboxylic acid groups (broad SMARTS) is 1. The van der Waals surface area contributed by atoms with Crippen LogP contribution in [0.1, 0.15) is 17.0 Å². The Kier molecular flexibility index (Phi) is 6.16. The Morgan fingerprint density at radius 3 is 2.70 bits per heavy atom. The lowest BCUT2D eigenvalue weighted by Gasteiger charge is -2.11. The lowest BCUT2D eigenvalue weighted by Crippen LogP contribution is -2.00.